The molecule has 0 unspecified atom stereocenters. The van der Waals surface area contributed by atoms with Gasteiger partial charge in [0.1, 0.15) is 23.5 Å². The van der Waals surface area contributed by atoms with Gasteiger partial charge < -0.3 is 20.9 Å². The maximum absolute atomic E-state index is 7.56. The molecule has 4 aromatic rings. The van der Waals surface area contributed by atoms with Gasteiger partial charge in [0.25, 0.3) is 0 Å². The first kappa shape index (κ1) is 17.3. The fraction of sp³-hybridized carbons (Fsp3) is 0.0500. The van der Waals surface area contributed by atoms with Crippen molar-refractivity contribution < 1.29 is 4.74 Å². The maximum Gasteiger partial charge on any atom is 0.322 e. The summed E-state index contributed by atoms with van der Waals surface area (Å²) in [6.07, 6.45) is 4.23. The number of fused-ring (bicyclic) bond motifs is 1. The van der Waals surface area contributed by atoms with Gasteiger partial charge >= 0.3 is 6.01 Å². The van der Waals surface area contributed by atoms with E-state index in [9.17, 15) is 0 Å². The Kier molecular flexibility index (Phi) is 4.29. The van der Waals surface area contributed by atoms with Gasteiger partial charge in [-0.1, -0.05) is 18.7 Å². The summed E-state index contributed by atoms with van der Waals surface area (Å²) < 4.78 is 5.71. The zero-order valence-electron chi connectivity index (χ0n) is 15.1. The van der Waals surface area contributed by atoms with Gasteiger partial charge in [-0.2, -0.15) is 0 Å². The van der Waals surface area contributed by atoms with Crippen molar-refractivity contribution in [1.29, 1.82) is 5.41 Å². The van der Waals surface area contributed by atoms with Crippen LogP contribution >= 0.6 is 0 Å². The number of benzene rings is 1. The first-order valence-corrected chi connectivity index (χ1v) is 8.46. The third kappa shape index (κ3) is 3.07. The molecule has 4 rings (SSSR count). The van der Waals surface area contributed by atoms with Gasteiger partial charge in [0.15, 0.2) is 0 Å². The lowest BCUT2D eigenvalue weighted by molar-refractivity contribution is 0.440. The van der Waals surface area contributed by atoms with Crippen LogP contribution in [0.4, 0.5) is 5.82 Å². The van der Waals surface area contributed by atoms with Crippen molar-refractivity contribution in [2.75, 3.05) is 5.73 Å². The van der Waals surface area contributed by atoms with Gasteiger partial charge in [-0.3, -0.25) is 0 Å². The van der Waals surface area contributed by atoms with Gasteiger partial charge in [-0.05, 0) is 30.7 Å². The number of aryl methyl sites for hydroxylation is 1. The molecule has 3 aromatic heterocycles. The van der Waals surface area contributed by atoms with E-state index in [-0.39, 0.29) is 6.01 Å². The molecule has 0 aliphatic rings. The number of hydrogen-bond donors (Lipinski definition) is 3. The average Bonchev–Trinajstić information content (AvgIpc) is 3.09. The number of anilines is 1. The molecular weight excluding hydrogens is 354 g/mol. The summed E-state index contributed by atoms with van der Waals surface area (Å²) in [6.45, 7) is 5.81. The second-order valence-electron chi connectivity index (χ2n) is 6.13. The summed E-state index contributed by atoms with van der Waals surface area (Å²) in [6, 6.07) is 9.50. The van der Waals surface area contributed by atoms with Gasteiger partial charge in [-0.25, -0.2) is 19.9 Å². The smallest absolute Gasteiger partial charge is 0.322 e. The Morgan fingerprint density at radius 2 is 1.96 bits per heavy atom. The number of ether oxygens (including phenoxy) is 1. The minimum absolute atomic E-state index is 0.287. The Labute approximate surface area is 160 Å². The summed E-state index contributed by atoms with van der Waals surface area (Å²) in [5.41, 5.74) is 10.4. The van der Waals surface area contributed by atoms with Crippen molar-refractivity contribution in [3.63, 3.8) is 0 Å². The zero-order chi connectivity index (χ0) is 19.7. The van der Waals surface area contributed by atoms with Crippen LogP contribution in [0.25, 0.3) is 27.7 Å². The number of rotatable bonds is 5. The third-order valence-electron chi connectivity index (χ3n) is 4.24. The van der Waals surface area contributed by atoms with E-state index in [1.807, 2.05) is 31.2 Å². The Morgan fingerprint density at radius 1 is 1.18 bits per heavy atom. The number of nitrogen functional groups attached to an aromatic ring is 1. The van der Waals surface area contributed by atoms with Gasteiger partial charge in [0.2, 0.25) is 0 Å². The minimum Gasteiger partial charge on any atom is -0.424 e. The predicted octanol–water partition coefficient (Wildman–Crippen LogP) is 3.76. The number of H-pyrrole nitrogens is 1. The highest BCUT2D eigenvalue weighted by atomic mass is 16.5. The second-order valence-corrected chi connectivity index (χ2v) is 6.13. The molecule has 0 radical (unpaired) electrons. The van der Waals surface area contributed by atoms with E-state index < -0.39 is 0 Å². The molecule has 0 amide bonds. The van der Waals surface area contributed by atoms with E-state index in [1.54, 1.807) is 12.3 Å². The van der Waals surface area contributed by atoms with Crippen molar-refractivity contribution in [2.24, 2.45) is 0 Å². The van der Waals surface area contributed by atoms with E-state index >= 15 is 0 Å². The molecule has 0 spiro atoms. The summed E-state index contributed by atoms with van der Waals surface area (Å²) >= 11 is 0. The molecule has 8 heteroatoms. The molecular formula is C20H17N7O. The predicted molar refractivity (Wildman–Crippen MR) is 108 cm³/mol. The van der Waals surface area contributed by atoms with Crippen LogP contribution in [0.5, 0.6) is 11.8 Å². The van der Waals surface area contributed by atoms with E-state index in [0.717, 1.165) is 16.8 Å². The lowest BCUT2D eigenvalue weighted by Crippen LogP contribution is -1.94. The van der Waals surface area contributed by atoms with Crippen molar-refractivity contribution in [1.82, 2.24) is 24.9 Å². The Morgan fingerprint density at radius 3 is 2.68 bits per heavy atom. The molecule has 3 heterocycles. The fourth-order valence-electron chi connectivity index (χ4n) is 2.92. The van der Waals surface area contributed by atoms with E-state index in [4.69, 9.17) is 15.9 Å². The molecule has 0 saturated heterocycles. The van der Waals surface area contributed by atoms with Crippen LogP contribution < -0.4 is 10.5 Å². The summed E-state index contributed by atoms with van der Waals surface area (Å²) in [5, 5.41) is 8.25. The van der Waals surface area contributed by atoms with Crippen LogP contribution in [-0.2, 0) is 0 Å². The minimum atomic E-state index is 0.287. The molecule has 28 heavy (non-hydrogen) atoms. The van der Waals surface area contributed by atoms with Crippen LogP contribution in [0, 0.1) is 12.3 Å². The number of nitrogens with two attached hydrogens (primary N) is 1. The molecule has 0 atom stereocenters. The van der Waals surface area contributed by atoms with Crippen molar-refractivity contribution in [2.45, 2.75) is 6.92 Å². The molecule has 138 valence electrons. The Hall–Kier alpha value is -4.07. The molecule has 0 bridgehead atoms. The van der Waals surface area contributed by atoms with Gasteiger partial charge in [0.05, 0.1) is 11.1 Å². The summed E-state index contributed by atoms with van der Waals surface area (Å²) in [4.78, 5) is 19.9. The normalized spacial score (nSPS) is 10.8. The average molecular weight is 371 g/mol. The lowest BCUT2D eigenvalue weighted by Gasteiger charge is -2.08. The topological polar surface area (TPSA) is 126 Å². The van der Waals surface area contributed by atoms with E-state index in [1.165, 1.54) is 12.5 Å². The van der Waals surface area contributed by atoms with E-state index in [2.05, 4.69) is 31.5 Å². The molecule has 1 aromatic carbocycles. The standard InChI is InChI=1S/C20H17N7O/c1-11(9-21)17-15(16-18(22)24-10-25-19(16)27-17)13-3-5-14(6-4-13)28-20-23-8-7-12(2)26-20/h3-10,21H,1H2,2H3,(H3,22,24,25,27). The zero-order valence-corrected chi connectivity index (χ0v) is 15.1. The summed E-state index contributed by atoms with van der Waals surface area (Å²) in [7, 11) is 0. The maximum atomic E-state index is 7.56. The lowest BCUT2D eigenvalue weighted by atomic mass is 10.00. The first-order valence-electron chi connectivity index (χ1n) is 8.46. The van der Waals surface area contributed by atoms with Crippen LogP contribution in [0.15, 0.2) is 49.4 Å². The fourth-order valence-corrected chi connectivity index (χ4v) is 2.92. The molecule has 4 N–H and O–H groups in total. The van der Waals surface area contributed by atoms with Gasteiger partial charge in [0, 0.05) is 29.2 Å². The van der Waals surface area contributed by atoms with Crippen LogP contribution in [0.2, 0.25) is 0 Å². The van der Waals surface area contributed by atoms with Crippen LogP contribution in [-0.4, -0.2) is 31.1 Å². The highest BCUT2D eigenvalue weighted by Crippen LogP contribution is 2.37. The van der Waals surface area contributed by atoms with Crippen molar-refractivity contribution in [3.05, 3.63) is 60.8 Å². The van der Waals surface area contributed by atoms with Crippen LogP contribution in [0.3, 0.4) is 0 Å². The van der Waals surface area contributed by atoms with Gasteiger partial charge in [-0.15, -0.1) is 0 Å². The highest BCUT2D eigenvalue weighted by Gasteiger charge is 2.18. The number of nitrogens with zero attached hydrogens (tertiary/aromatic N) is 4. The largest absolute Gasteiger partial charge is 0.424 e. The second kappa shape index (κ2) is 6.92. The number of allylic oxidation sites excluding steroid dienone is 1. The van der Waals surface area contributed by atoms with Crippen molar-refractivity contribution >= 4 is 28.6 Å². The quantitative estimate of drug-likeness (QED) is 0.458. The molecule has 0 saturated carbocycles. The molecule has 0 aliphatic carbocycles. The van der Waals surface area contributed by atoms with Crippen molar-refractivity contribution in [3.8, 4) is 22.9 Å². The van der Waals surface area contributed by atoms with Crippen LogP contribution in [0.1, 0.15) is 11.4 Å². The number of hydrogen-bond acceptors (Lipinski definition) is 7. The molecule has 0 fully saturated rings. The first-order chi connectivity index (χ1) is 13.6. The molecule has 0 aliphatic heterocycles. The van der Waals surface area contributed by atoms with E-state index in [0.29, 0.717) is 33.9 Å². The SMILES string of the molecule is C=C(C=N)c1[nH]c2ncnc(N)c2c1-c1ccc(Oc2nccc(C)n2)cc1. The number of nitrogens with one attached hydrogen (secondary N) is 2. The Bertz CT molecular complexity index is 1200. The number of aromatic nitrogens is 5. The monoisotopic (exact) mass is 371 g/mol. The summed E-state index contributed by atoms with van der Waals surface area (Å²) in [5.74, 6) is 0.958. The Balaban J connectivity index is 1.77. The third-order valence-corrected chi connectivity index (χ3v) is 4.24. The number of aromatic amines is 1. The highest BCUT2D eigenvalue weighted by molar-refractivity contribution is 6.14. The molecule has 8 nitrogen and oxygen atoms in total.